The zero-order valence-electron chi connectivity index (χ0n) is 13.3. The van der Waals surface area contributed by atoms with Gasteiger partial charge in [0, 0.05) is 30.2 Å². The standard InChI is InChI=1S/C16H22ClN3O3/c1-10-7-20-8-12(6-13(20)9-23-10)18-16(21)19-14-5-11(17)3-4-15(14)22-2/h3-5,10,12-13H,6-9H2,1-2H3,(H2,18,19,21)/t10-,12-,13+/m1/s1. The van der Waals surface area contributed by atoms with Crippen molar-refractivity contribution in [2.24, 2.45) is 0 Å². The van der Waals surface area contributed by atoms with E-state index < -0.39 is 0 Å². The van der Waals surface area contributed by atoms with E-state index in [4.69, 9.17) is 21.1 Å². The molecule has 0 aliphatic carbocycles. The highest BCUT2D eigenvalue weighted by Gasteiger charge is 2.36. The van der Waals surface area contributed by atoms with Crippen LogP contribution < -0.4 is 15.4 Å². The molecule has 0 unspecified atom stereocenters. The Labute approximate surface area is 141 Å². The minimum Gasteiger partial charge on any atom is -0.495 e. The monoisotopic (exact) mass is 339 g/mol. The number of benzene rings is 1. The Bertz CT molecular complexity index is 584. The summed E-state index contributed by atoms with van der Waals surface area (Å²) in [6.07, 6.45) is 1.17. The smallest absolute Gasteiger partial charge is 0.319 e. The number of carbonyl (C=O) groups is 1. The van der Waals surface area contributed by atoms with Gasteiger partial charge >= 0.3 is 6.03 Å². The van der Waals surface area contributed by atoms with Gasteiger partial charge in [0.05, 0.1) is 25.5 Å². The molecule has 0 spiro atoms. The van der Waals surface area contributed by atoms with Gasteiger partial charge in [0.1, 0.15) is 5.75 Å². The number of nitrogens with zero attached hydrogens (tertiary/aromatic N) is 1. The average molecular weight is 340 g/mol. The van der Waals surface area contributed by atoms with Gasteiger partial charge in [0.2, 0.25) is 0 Å². The second kappa shape index (κ2) is 6.95. The van der Waals surface area contributed by atoms with Crippen molar-refractivity contribution in [2.75, 3.05) is 32.1 Å². The van der Waals surface area contributed by atoms with Crippen molar-refractivity contribution < 1.29 is 14.3 Å². The Morgan fingerprint density at radius 2 is 2.26 bits per heavy atom. The summed E-state index contributed by atoms with van der Waals surface area (Å²) < 4.78 is 10.9. The number of anilines is 1. The predicted octanol–water partition coefficient (Wildman–Crippen LogP) is 2.33. The largest absolute Gasteiger partial charge is 0.495 e. The van der Waals surface area contributed by atoms with E-state index in [9.17, 15) is 4.79 Å². The van der Waals surface area contributed by atoms with Crippen molar-refractivity contribution >= 4 is 23.3 Å². The van der Waals surface area contributed by atoms with Gasteiger partial charge in [-0.25, -0.2) is 4.79 Å². The van der Waals surface area contributed by atoms with E-state index in [0.717, 1.165) is 26.1 Å². The number of carbonyl (C=O) groups excluding carboxylic acids is 1. The van der Waals surface area contributed by atoms with Crippen LogP contribution in [0.1, 0.15) is 13.3 Å². The number of ether oxygens (including phenoxy) is 2. The third kappa shape index (κ3) is 3.88. The SMILES string of the molecule is COc1ccc(Cl)cc1NC(=O)N[C@@H]1C[C@H]2CO[C@H](C)CN2C1. The van der Waals surface area contributed by atoms with E-state index in [2.05, 4.69) is 22.5 Å². The lowest BCUT2D eigenvalue weighted by Crippen LogP contribution is -2.45. The maximum atomic E-state index is 12.2. The second-order valence-corrected chi connectivity index (χ2v) is 6.56. The maximum absolute atomic E-state index is 12.2. The van der Waals surface area contributed by atoms with Gasteiger partial charge in [-0.3, -0.25) is 4.90 Å². The molecule has 0 aromatic heterocycles. The molecule has 2 saturated heterocycles. The number of halogens is 1. The number of urea groups is 1. The summed E-state index contributed by atoms with van der Waals surface area (Å²) in [5.74, 6) is 0.579. The van der Waals surface area contributed by atoms with Gasteiger partial charge in [0.25, 0.3) is 0 Å². The number of hydrogen-bond acceptors (Lipinski definition) is 4. The molecule has 126 valence electrons. The number of rotatable bonds is 3. The van der Waals surface area contributed by atoms with Crippen LogP contribution in [0.15, 0.2) is 18.2 Å². The van der Waals surface area contributed by atoms with Crippen LogP contribution in [0.4, 0.5) is 10.5 Å². The molecule has 3 atom stereocenters. The van der Waals surface area contributed by atoms with Crippen LogP contribution in [0.25, 0.3) is 0 Å². The zero-order chi connectivity index (χ0) is 16.4. The van der Waals surface area contributed by atoms with E-state index in [1.165, 1.54) is 0 Å². The van der Waals surface area contributed by atoms with Crippen molar-refractivity contribution in [1.29, 1.82) is 0 Å². The highest BCUT2D eigenvalue weighted by atomic mass is 35.5. The summed E-state index contributed by atoms with van der Waals surface area (Å²) >= 11 is 5.98. The Hall–Kier alpha value is -1.50. The fraction of sp³-hybridized carbons (Fsp3) is 0.562. The Kier molecular flexibility index (Phi) is 4.94. The molecule has 0 saturated carbocycles. The molecule has 3 rings (SSSR count). The number of morpholine rings is 1. The number of fused-ring (bicyclic) bond motifs is 1. The minimum absolute atomic E-state index is 0.124. The summed E-state index contributed by atoms with van der Waals surface area (Å²) in [4.78, 5) is 14.6. The first-order chi connectivity index (χ1) is 11.0. The lowest BCUT2D eigenvalue weighted by atomic mass is 10.1. The van der Waals surface area contributed by atoms with E-state index in [1.54, 1.807) is 25.3 Å². The van der Waals surface area contributed by atoms with Gasteiger partial charge in [-0.15, -0.1) is 0 Å². The highest BCUT2D eigenvalue weighted by molar-refractivity contribution is 6.31. The van der Waals surface area contributed by atoms with Gasteiger partial charge in [-0.05, 0) is 31.5 Å². The van der Waals surface area contributed by atoms with Crippen molar-refractivity contribution in [2.45, 2.75) is 31.5 Å². The van der Waals surface area contributed by atoms with Crippen molar-refractivity contribution in [3.63, 3.8) is 0 Å². The topological polar surface area (TPSA) is 62.8 Å². The number of methoxy groups -OCH3 is 1. The Morgan fingerprint density at radius 1 is 1.43 bits per heavy atom. The fourth-order valence-electron chi connectivity index (χ4n) is 3.27. The molecule has 2 aliphatic heterocycles. The van der Waals surface area contributed by atoms with Gasteiger partial charge in [0.15, 0.2) is 0 Å². The quantitative estimate of drug-likeness (QED) is 0.887. The molecular weight excluding hydrogens is 318 g/mol. The van der Waals surface area contributed by atoms with E-state index in [-0.39, 0.29) is 18.2 Å². The van der Waals surface area contributed by atoms with Crippen LogP contribution in [0.5, 0.6) is 5.75 Å². The molecule has 7 heteroatoms. The molecule has 1 aromatic carbocycles. The van der Waals surface area contributed by atoms with Gasteiger partial charge < -0.3 is 20.1 Å². The van der Waals surface area contributed by atoms with Crippen molar-refractivity contribution in [1.82, 2.24) is 10.2 Å². The summed E-state index contributed by atoms with van der Waals surface area (Å²) in [5.41, 5.74) is 0.560. The van der Waals surface area contributed by atoms with Crippen LogP contribution in [0.3, 0.4) is 0 Å². The van der Waals surface area contributed by atoms with Gasteiger partial charge in [-0.1, -0.05) is 11.6 Å². The third-order valence-electron chi connectivity index (χ3n) is 4.34. The molecular formula is C16H22ClN3O3. The molecule has 2 fully saturated rings. The van der Waals surface area contributed by atoms with E-state index in [0.29, 0.717) is 22.5 Å². The summed E-state index contributed by atoms with van der Waals surface area (Å²) in [5, 5.41) is 6.38. The molecule has 2 N–H and O–H groups in total. The van der Waals surface area contributed by atoms with E-state index in [1.807, 2.05) is 0 Å². The van der Waals surface area contributed by atoms with Crippen LogP contribution in [0, 0.1) is 0 Å². The van der Waals surface area contributed by atoms with Gasteiger partial charge in [-0.2, -0.15) is 0 Å². The number of hydrogen-bond donors (Lipinski definition) is 2. The van der Waals surface area contributed by atoms with Crippen molar-refractivity contribution in [3.8, 4) is 5.75 Å². The molecule has 2 aliphatic rings. The molecule has 23 heavy (non-hydrogen) atoms. The maximum Gasteiger partial charge on any atom is 0.319 e. The highest BCUT2D eigenvalue weighted by Crippen LogP contribution is 2.28. The average Bonchev–Trinajstić information content (AvgIpc) is 2.88. The first-order valence-electron chi connectivity index (χ1n) is 7.82. The lowest BCUT2D eigenvalue weighted by Gasteiger charge is -2.33. The lowest BCUT2D eigenvalue weighted by molar-refractivity contribution is -0.0390. The third-order valence-corrected chi connectivity index (χ3v) is 4.57. The molecule has 6 nitrogen and oxygen atoms in total. The van der Waals surface area contributed by atoms with Crippen LogP contribution in [0.2, 0.25) is 5.02 Å². The normalized spacial score (nSPS) is 27.3. The van der Waals surface area contributed by atoms with Crippen molar-refractivity contribution in [3.05, 3.63) is 23.2 Å². The zero-order valence-corrected chi connectivity index (χ0v) is 14.1. The first-order valence-corrected chi connectivity index (χ1v) is 8.19. The second-order valence-electron chi connectivity index (χ2n) is 6.13. The number of amides is 2. The van der Waals surface area contributed by atoms with Crippen LogP contribution in [-0.4, -0.2) is 55.9 Å². The summed E-state index contributed by atoms with van der Waals surface area (Å²) in [6, 6.07) is 5.40. The van der Waals surface area contributed by atoms with E-state index >= 15 is 0 Å². The first kappa shape index (κ1) is 16.4. The Morgan fingerprint density at radius 3 is 3.04 bits per heavy atom. The fourth-order valence-corrected chi connectivity index (χ4v) is 3.44. The molecule has 0 bridgehead atoms. The molecule has 2 amide bonds. The minimum atomic E-state index is -0.246. The van der Waals surface area contributed by atoms with Crippen LogP contribution >= 0.6 is 11.6 Å². The molecule has 0 radical (unpaired) electrons. The molecule has 1 aromatic rings. The predicted molar refractivity (Wildman–Crippen MR) is 89.3 cm³/mol. The summed E-state index contributed by atoms with van der Waals surface area (Å²) in [6.45, 7) is 4.60. The molecule has 2 heterocycles. The summed E-state index contributed by atoms with van der Waals surface area (Å²) in [7, 11) is 1.56. The Balaban J connectivity index is 1.57. The number of nitrogens with one attached hydrogen (secondary N) is 2. The van der Waals surface area contributed by atoms with Crippen LogP contribution in [-0.2, 0) is 4.74 Å².